The molecule has 0 radical (unpaired) electrons. The van der Waals surface area contributed by atoms with Crippen LogP contribution in [0.4, 0.5) is 0 Å². The molecule has 0 heterocycles. The van der Waals surface area contributed by atoms with Gasteiger partial charge in [0.05, 0.1) is 12.2 Å². The van der Waals surface area contributed by atoms with Crippen molar-refractivity contribution in [3.63, 3.8) is 0 Å². The van der Waals surface area contributed by atoms with Crippen LogP contribution >= 0.6 is 0 Å². The number of carbonyl (C=O) groups excluding carboxylic acids is 1. The van der Waals surface area contributed by atoms with Crippen LogP contribution in [0.3, 0.4) is 0 Å². The average molecular weight is 322 g/mol. The number of carbonyl (C=O) groups is 1. The van der Waals surface area contributed by atoms with Gasteiger partial charge in [-0.15, -0.1) is 0 Å². The fraction of sp³-hybridized carbons (Fsp3) is 0.737. The van der Waals surface area contributed by atoms with E-state index in [1.54, 1.807) is 6.08 Å². The SMILES string of the molecule is C=C/C(=C\CC(C)OC1CCCCC1)NC(=O)CCCCNC. The maximum absolute atomic E-state index is 11.9. The van der Waals surface area contributed by atoms with E-state index in [2.05, 4.69) is 24.1 Å². The van der Waals surface area contributed by atoms with Crippen LogP contribution in [0.2, 0.25) is 0 Å². The highest BCUT2D eigenvalue weighted by Crippen LogP contribution is 2.22. The van der Waals surface area contributed by atoms with Crippen molar-refractivity contribution < 1.29 is 9.53 Å². The van der Waals surface area contributed by atoms with Crippen LogP contribution in [0.1, 0.15) is 64.7 Å². The van der Waals surface area contributed by atoms with Gasteiger partial charge in [0.15, 0.2) is 0 Å². The first kappa shape index (κ1) is 19.9. The minimum Gasteiger partial charge on any atom is -0.375 e. The molecule has 0 aromatic heterocycles. The van der Waals surface area contributed by atoms with Crippen LogP contribution in [0.25, 0.3) is 0 Å². The molecule has 0 aromatic rings. The standard InChI is InChI=1S/C19H34N2O2/c1-4-17(21-19(22)12-8-9-15-20-3)14-13-16(2)23-18-10-6-5-7-11-18/h4,14,16,18,20H,1,5-13,15H2,2-3H3,(H,21,22)/b17-14+. The Hall–Kier alpha value is -1.13. The average Bonchev–Trinajstić information content (AvgIpc) is 2.56. The lowest BCUT2D eigenvalue weighted by atomic mass is 9.97. The smallest absolute Gasteiger partial charge is 0.224 e. The van der Waals surface area contributed by atoms with E-state index in [1.807, 2.05) is 13.1 Å². The van der Waals surface area contributed by atoms with E-state index in [0.29, 0.717) is 12.5 Å². The second-order valence-corrected chi connectivity index (χ2v) is 6.41. The monoisotopic (exact) mass is 322 g/mol. The summed E-state index contributed by atoms with van der Waals surface area (Å²) in [6, 6.07) is 0. The second-order valence-electron chi connectivity index (χ2n) is 6.41. The minimum atomic E-state index is 0.0631. The fourth-order valence-electron chi connectivity index (χ4n) is 2.87. The van der Waals surface area contributed by atoms with Crippen LogP contribution in [0, 0.1) is 0 Å². The van der Waals surface area contributed by atoms with Crippen molar-refractivity contribution in [2.45, 2.75) is 76.9 Å². The predicted octanol–water partition coefficient (Wildman–Crippen LogP) is 3.69. The van der Waals surface area contributed by atoms with Gasteiger partial charge in [0.2, 0.25) is 5.91 Å². The minimum absolute atomic E-state index is 0.0631. The molecular weight excluding hydrogens is 288 g/mol. The number of ether oxygens (including phenoxy) is 1. The molecule has 2 N–H and O–H groups in total. The van der Waals surface area contributed by atoms with Crippen LogP contribution in [-0.4, -0.2) is 31.7 Å². The molecule has 1 fully saturated rings. The second kappa shape index (κ2) is 12.3. The van der Waals surface area contributed by atoms with Gasteiger partial charge in [-0.05, 0) is 58.7 Å². The third kappa shape index (κ3) is 9.57. The summed E-state index contributed by atoms with van der Waals surface area (Å²) in [4.78, 5) is 11.9. The third-order valence-electron chi connectivity index (χ3n) is 4.23. The zero-order valence-electron chi connectivity index (χ0n) is 14.9. The zero-order chi connectivity index (χ0) is 16.9. The number of amides is 1. The summed E-state index contributed by atoms with van der Waals surface area (Å²) in [5.74, 6) is 0.0631. The summed E-state index contributed by atoms with van der Waals surface area (Å²) in [5, 5.41) is 6.02. The summed E-state index contributed by atoms with van der Waals surface area (Å²) >= 11 is 0. The summed E-state index contributed by atoms with van der Waals surface area (Å²) < 4.78 is 6.08. The normalized spacial score (nSPS) is 17.7. The number of rotatable bonds is 11. The van der Waals surface area contributed by atoms with Crippen LogP contribution in [0.5, 0.6) is 0 Å². The Balaban J connectivity index is 2.27. The number of allylic oxidation sites excluding steroid dienone is 1. The van der Waals surface area contributed by atoms with E-state index in [9.17, 15) is 4.79 Å². The topological polar surface area (TPSA) is 50.4 Å². The van der Waals surface area contributed by atoms with Crippen molar-refractivity contribution in [1.29, 1.82) is 0 Å². The zero-order valence-corrected chi connectivity index (χ0v) is 14.9. The molecule has 1 aliphatic carbocycles. The molecule has 1 atom stereocenters. The van der Waals surface area contributed by atoms with E-state index in [1.165, 1.54) is 32.1 Å². The first-order valence-electron chi connectivity index (χ1n) is 9.08. The van der Waals surface area contributed by atoms with Gasteiger partial charge >= 0.3 is 0 Å². The van der Waals surface area contributed by atoms with Gasteiger partial charge in [-0.2, -0.15) is 0 Å². The maximum atomic E-state index is 11.9. The van der Waals surface area contributed by atoms with Gasteiger partial charge in [-0.25, -0.2) is 0 Å². The van der Waals surface area contributed by atoms with E-state index < -0.39 is 0 Å². The summed E-state index contributed by atoms with van der Waals surface area (Å²) in [6.07, 6.45) is 13.9. The number of hydrogen-bond donors (Lipinski definition) is 2. The molecule has 4 heteroatoms. The van der Waals surface area contributed by atoms with Crippen LogP contribution < -0.4 is 10.6 Å². The molecule has 1 saturated carbocycles. The van der Waals surface area contributed by atoms with Crippen molar-refractivity contribution in [1.82, 2.24) is 10.6 Å². The summed E-state index contributed by atoms with van der Waals surface area (Å²) in [6.45, 7) is 6.84. The number of unbranched alkanes of at least 4 members (excludes halogenated alkanes) is 1. The maximum Gasteiger partial charge on any atom is 0.224 e. The molecule has 1 aliphatic rings. The highest BCUT2D eigenvalue weighted by Gasteiger charge is 2.16. The van der Waals surface area contributed by atoms with Crippen molar-refractivity contribution >= 4 is 5.91 Å². The molecule has 23 heavy (non-hydrogen) atoms. The first-order valence-corrected chi connectivity index (χ1v) is 9.08. The lowest BCUT2D eigenvalue weighted by Gasteiger charge is -2.25. The molecule has 0 saturated heterocycles. The molecule has 0 spiro atoms. The van der Waals surface area contributed by atoms with Gasteiger partial charge in [0.25, 0.3) is 0 Å². The molecule has 0 aliphatic heterocycles. The molecule has 1 rings (SSSR count). The quantitative estimate of drug-likeness (QED) is 0.450. The summed E-state index contributed by atoms with van der Waals surface area (Å²) in [5.41, 5.74) is 0.794. The highest BCUT2D eigenvalue weighted by molar-refractivity contribution is 5.78. The highest BCUT2D eigenvalue weighted by atomic mass is 16.5. The number of hydrogen-bond acceptors (Lipinski definition) is 3. The molecule has 1 amide bonds. The van der Waals surface area contributed by atoms with Crippen LogP contribution in [0.15, 0.2) is 24.4 Å². The van der Waals surface area contributed by atoms with Crippen molar-refractivity contribution in [2.24, 2.45) is 0 Å². The lowest BCUT2D eigenvalue weighted by molar-refractivity contribution is -0.120. The Morgan fingerprint density at radius 3 is 2.70 bits per heavy atom. The lowest BCUT2D eigenvalue weighted by Crippen LogP contribution is -2.24. The molecule has 1 unspecified atom stereocenters. The fourth-order valence-corrected chi connectivity index (χ4v) is 2.87. The van der Waals surface area contributed by atoms with Crippen molar-refractivity contribution in [2.75, 3.05) is 13.6 Å². The molecule has 132 valence electrons. The number of nitrogens with one attached hydrogen (secondary N) is 2. The van der Waals surface area contributed by atoms with Gasteiger partial charge < -0.3 is 15.4 Å². The van der Waals surface area contributed by atoms with Crippen molar-refractivity contribution in [3.05, 3.63) is 24.4 Å². The Labute approximate surface area is 141 Å². The molecule has 0 bridgehead atoms. The Morgan fingerprint density at radius 1 is 1.30 bits per heavy atom. The van der Waals surface area contributed by atoms with Crippen LogP contribution in [-0.2, 0) is 9.53 Å². The van der Waals surface area contributed by atoms with Gasteiger partial charge in [-0.1, -0.05) is 31.9 Å². The largest absolute Gasteiger partial charge is 0.375 e. The third-order valence-corrected chi connectivity index (χ3v) is 4.23. The van der Waals surface area contributed by atoms with Crippen molar-refractivity contribution in [3.8, 4) is 0 Å². The van der Waals surface area contributed by atoms with E-state index in [0.717, 1.165) is 31.5 Å². The molecule has 4 nitrogen and oxygen atoms in total. The van der Waals surface area contributed by atoms with Gasteiger partial charge in [0, 0.05) is 12.1 Å². The molecule has 0 aromatic carbocycles. The predicted molar refractivity (Wildman–Crippen MR) is 96.2 cm³/mol. The first-order chi connectivity index (χ1) is 11.2. The Bertz CT molecular complexity index is 374. The van der Waals surface area contributed by atoms with Gasteiger partial charge in [-0.3, -0.25) is 4.79 Å². The van der Waals surface area contributed by atoms with Gasteiger partial charge in [0.1, 0.15) is 0 Å². The Morgan fingerprint density at radius 2 is 2.04 bits per heavy atom. The van der Waals surface area contributed by atoms with E-state index in [-0.39, 0.29) is 12.0 Å². The van der Waals surface area contributed by atoms with E-state index >= 15 is 0 Å². The molecular formula is C19H34N2O2. The van der Waals surface area contributed by atoms with E-state index in [4.69, 9.17) is 4.74 Å². The summed E-state index contributed by atoms with van der Waals surface area (Å²) in [7, 11) is 1.93. The Kier molecular flexibility index (Phi) is 10.7.